The Morgan fingerprint density at radius 2 is 2.00 bits per heavy atom. The van der Waals surface area contributed by atoms with E-state index in [4.69, 9.17) is 0 Å². The number of aryl methyl sites for hydroxylation is 1. The third-order valence-corrected chi connectivity index (χ3v) is 4.60. The van der Waals surface area contributed by atoms with Crippen LogP contribution < -0.4 is 0 Å². The Morgan fingerprint density at radius 3 is 2.43 bits per heavy atom. The quantitative estimate of drug-likeness (QED) is 0.786. The number of nitrogens with zero attached hydrogens (tertiary/aromatic N) is 4. The van der Waals surface area contributed by atoms with E-state index in [0.717, 1.165) is 0 Å². The number of hydrazone groups is 1. The van der Waals surface area contributed by atoms with Crippen LogP contribution in [0.25, 0.3) is 0 Å². The molecule has 0 saturated heterocycles. The van der Waals surface area contributed by atoms with E-state index in [1.165, 1.54) is 4.68 Å². The number of carbonyl (C=O) groups excluding carboxylic acids is 1. The van der Waals surface area contributed by atoms with Crippen molar-refractivity contribution in [3.8, 4) is 0 Å². The summed E-state index contributed by atoms with van der Waals surface area (Å²) in [5.41, 5.74) is -2.92. The average Bonchev–Trinajstić information content (AvgIpc) is 2.94. The highest BCUT2D eigenvalue weighted by molar-refractivity contribution is 9.10. The lowest BCUT2D eigenvalue weighted by Gasteiger charge is -2.30. The van der Waals surface area contributed by atoms with Gasteiger partial charge in [0.1, 0.15) is 12.3 Å². The summed E-state index contributed by atoms with van der Waals surface area (Å²) in [7, 11) is 0. The van der Waals surface area contributed by atoms with Crippen LogP contribution in [0.4, 0.5) is 17.6 Å². The zero-order chi connectivity index (χ0) is 17.5. The van der Waals surface area contributed by atoms with Crippen molar-refractivity contribution in [2.75, 3.05) is 0 Å². The van der Waals surface area contributed by atoms with Crippen molar-refractivity contribution in [3.63, 3.8) is 0 Å². The first-order valence-electron chi connectivity index (χ1n) is 6.46. The van der Waals surface area contributed by atoms with Gasteiger partial charge in [0.2, 0.25) is 5.72 Å². The molecule has 0 radical (unpaired) electrons. The zero-order valence-corrected chi connectivity index (χ0v) is 13.7. The van der Waals surface area contributed by atoms with Crippen molar-refractivity contribution in [2.24, 2.45) is 5.10 Å². The van der Waals surface area contributed by atoms with Gasteiger partial charge in [-0.25, -0.2) is 17.6 Å². The summed E-state index contributed by atoms with van der Waals surface area (Å²) in [5, 5.41) is 17.1. The van der Waals surface area contributed by atoms with Gasteiger partial charge in [-0.2, -0.15) is 15.2 Å². The molecule has 0 aliphatic carbocycles. The van der Waals surface area contributed by atoms with Gasteiger partial charge in [0, 0.05) is 6.42 Å². The monoisotopic (exact) mass is 400 g/mol. The highest BCUT2D eigenvalue weighted by Crippen LogP contribution is 2.33. The molecule has 1 amide bonds. The fourth-order valence-corrected chi connectivity index (χ4v) is 2.46. The molecule has 2 heterocycles. The molecule has 1 aliphatic heterocycles. The zero-order valence-electron chi connectivity index (χ0n) is 12.1. The molecule has 0 bridgehead atoms. The molecular weight excluding hydrogens is 388 g/mol. The number of rotatable bonds is 4. The van der Waals surface area contributed by atoms with Crippen LogP contribution in [-0.2, 0) is 11.3 Å². The molecule has 128 valence electrons. The number of hydrogen-bond acceptors (Lipinski definition) is 4. The third-order valence-electron chi connectivity index (χ3n) is 3.45. The molecule has 1 atom stereocenters. The molecule has 1 aromatic heterocycles. The van der Waals surface area contributed by atoms with E-state index in [1.54, 1.807) is 13.8 Å². The lowest BCUT2D eigenvalue weighted by Crippen LogP contribution is -2.52. The van der Waals surface area contributed by atoms with Crippen LogP contribution >= 0.6 is 15.9 Å². The van der Waals surface area contributed by atoms with Crippen LogP contribution in [0.1, 0.15) is 17.8 Å². The number of aromatic nitrogens is 2. The van der Waals surface area contributed by atoms with Gasteiger partial charge in [-0.15, -0.1) is 0 Å². The minimum absolute atomic E-state index is 0.0313. The maximum atomic E-state index is 13.1. The van der Waals surface area contributed by atoms with Gasteiger partial charge in [-0.3, -0.25) is 9.48 Å². The largest absolute Gasteiger partial charge is 0.364 e. The highest BCUT2D eigenvalue weighted by Gasteiger charge is 2.53. The number of halogens is 5. The second-order valence-corrected chi connectivity index (χ2v) is 5.89. The topological polar surface area (TPSA) is 70.7 Å². The number of hydrogen-bond donors (Lipinski definition) is 1. The predicted molar refractivity (Wildman–Crippen MR) is 75.3 cm³/mol. The second-order valence-electron chi connectivity index (χ2n) is 5.10. The molecule has 0 saturated carbocycles. The van der Waals surface area contributed by atoms with Gasteiger partial charge >= 0.3 is 0 Å². The maximum absolute atomic E-state index is 13.1. The summed E-state index contributed by atoms with van der Waals surface area (Å²) < 4.78 is 53.3. The minimum atomic E-state index is -3.45. The fraction of sp³-hybridized carbons (Fsp3) is 0.583. The van der Waals surface area contributed by atoms with E-state index in [0.29, 0.717) is 15.9 Å². The molecular formula is C12H13BrF4N4O2. The smallest absolute Gasteiger partial charge is 0.287 e. The van der Waals surface area contributed by atoms with Gasteiger partial charge in [0.15, 0.2) is 0 Å². The molecule has 1 aliphatic rings. The lowest BCUT2D eigenvalue weighted by atomic mass is 10.1. The molecule has 0 aromatic carbocycles. The van der Waals surface area contributed by atoms with E-state index >= 15 is 0 Å². The van der Waals surface area contributed by atoms with Crippen molar-refractivity contribution < 1.29 is 27.5 Å². The molecule has 6 nitrogen and oxygen atoms in total. The van der Waals surface area contributed by atoms with E-state index in [-0.39, 0.29) is 5.01 Å². The van der Waals surface area contributed by atoms with Crippen LogP contribution in [0, 0.1) is 13.8 Å². The molecule has 2 rings (SSSR count). The fourth-order valence-electron chi connectivity index (χ4n) is 2.18. The van der Waals surface area contributed by atoms with Crippen molar-refractivity contribution in [2.45, 2.75) is 45.4 Å². The first-order valence-corrected chi connectivity index (χ1v) is 7.25. The number of carbonyl (C=O) groups is 1. The van der Waals surface area contributed by atoms with Crippen LogP contribution in [0.2, 0.25) is 0 Å². The number of amides is 1. The van der Waals surface area contributed by atoms with Crippen molar-refractivity contribution in [1.29, 1.82) is 0 Å². The molecule has 0 fully saturated rings. The average molecular weight is 401 g/mol. The standard InChI is InChI=1S/C12H13BrF4N4O2/c1-5-9(13)6(2)20(18-5)4-8(22)21-12(23,11(16)17)3-7(19-21)10(14)15/h10-11,23H,3-4H2,1-2H3/t12-/m1/s1. The van der Waals surface area contributed by atoms with E-state index in [9.17, 15) is 27.5 Å². The summed E-state index contributed by atoms with van der Waals surface area (Å²) in [5.74, 6) is -1.07. The highest BCUT2D eigenvalue weighted by atomic mass is 79.9. The molecule has 0 spiro atoms. The molecule has 1 aromatic rings. The van der Waals surface area contributed by atoms with Crippen LogP contribution in [0.5, 0.6) is 0 Å². The minimum Gasteiger partial charge on any atom is -0.364 e. The SMILES string of the molecule is Cc1nn(CC(=O)N2N=C(C(F)F)C[C@@]2(O)C(F)F)c(C)c1Br. The summed E-state index contributed by atoms with van der Waals surface area (Å²) >= 11 is 3.24. The Kier molecular flexibility index (Phi) is 4.81. The Morgan fingerprint density at radius 1 is 1.39 bits per heavy atom. The molecule has 0 unspecified atom stereocenters. The van der Waals surface area contributed by atoms with Crippen molar-refractivity contribution in [3.05, 3.63) is 15.9 Å². The summed E-state index contributed by atoms with van der Waals surface area (Å²) in [4.78, 5) is 12.2. The van der Waals surface area contributed by atoms with Crippen LogP contribution in [-0.4, -0.2) is 50.1 Å². The first-order chi connectivity index (χ1) is 10.6. The third kappa shape index (κ3) is 3.11. The van der Waals surface area contributed by atoms with Crippen molar-refractivity contribution >= 4 is 27.5 Å². The van der Waals surface area contributed by atoms with Gasteiger partial charge in [0.25, 0.3) is 18.8 Å². The van der Waals surface area contributed by atoms with Crippen LogP contribution in [0.15, 0.2) is 9.57 Å². The Balaban J connectivity index is 2.29. The molecule has 11 heteroatoms. The second kappa shape index (κ2) is 6.19. The normalized spacial score (nSPS) is 21.5. The number of aliphatic hydroxyl groups is 1. The Bertz CT molecular complexity index is 664. The van der Waals surface area contributed by atoms with Gasteiger partial charge < -0.3 is 5.11 Å². The van der Waals surface area contributed by atoms with E-state index in [1.807, 2.05) is 0 Å². The summed E-state index contributed by atoms with van der Waals surface area (Å²) in [6.45, 7) is 2.78. The van der Waals surface area contributed by atoms with Crippen molar-refractivity contribution in [1.82, 2.24) is 14.8 Å². The Labute approximate surface area is 136 Å². The van der Waals surface area contributed by atoms with E-state index in [2.05, 4.69) is 26.1 Å². The van der Waals surface area contributed by atoms with E-state index < -0.39 is 43.2 Å². The molecule has 1 N–H and O–H groups in total. The first kappa shape index (κ1) is 17.9. The summed E-state index contributed by atoms with van der Waals surface area (Å²) in [6.07, 6.45) is -7.69. The van der Waals surface area contributed by atoms with Gasteiger partial charge in [-0.05, 0) is 29.8 Å². The Hall–Kier alpha value is -1.49. The van der Waals surface area contributed by atoms with Gasteiger partial charge in [-0.1, -0.05) is 0 Å². The summed E-state index contributed by atoms with van der Waals surface area (Å²) in [6, 6.07) is 0. The molecule has 23 heavy (non-hydrogen) atoms. The lowest BCUT2D eigenvalue weighted by molar-refractivity contribution is -0.192. The number of alkyl halides is 4. The predicted octanol–water partition coefficient (Wildman–Crippen LogP) is 2.07. The van der Waals surface area contributed by atoms with Gasteiger partial charge in [0.05, 0.1) is 15.9 Å². The van der Waals surface area contributed by atoms with Crippen LogP contribution in [0.3, 0.4) is 0 Å². The maximum Gasteiger partial charge on any atom is 0.287 e.